The topological polar surface area (TPSA) is 87.7 Å². The Morgan fingerprint density at radius 2 is 1.68 bits per heavy atom. The average Bonchev–Trinajstić information content (AvgIpc) is 2.67. The van der Waals surface area contributed by atoms with Gasteiger partial charge in [0.2, 0.25) is 5.91 Å². The Kier molecular flexibility index (Phi) is 7.40. The fourth-order valence-corrected chi connectivity index (χ4v) is 2.53. The molecule has 0 saturated heterocycles. The van der Waals surface area contributed by atoms with Gasteiger partial charge in [-0.2, -0.15) is 0 Å². The first-order valence-corrected chi connectivity index (χ1v) is 8.93. The lowest BCUT2D eigenvalue weighted by Crippen LogP contribution is -2.27. The fraction of sp³-hybridized carbons (Fsp3) is 0.250. The van der Waals surface area contributed by atoms with Gasteiger partial charge in [0, 0.05) is 43.2 Å². The number of rotatable bonds is 7. The van der Waals surface area contributed by atoms with Crippen LogP contribution >= 0.6 is 11.6 Å². The Labute approximate surface area is 168 Å². The van der Waals surface area contributed by atoms with Gasteiger partial charge in [0.1, 0.15) is 5.75 Å². The van der Waals surface area contributed by atoms with Crippen LogP contribution < -0.4 is 15.4 Å². The molecule has 0 unspecified atom stereocenters. The third kappa shape index (κ3) is 5.72. The largest absolute Gasteiger partial charge is 0.495 e. The highest BCUT2D eigenvalue weighted by atomic mass is 35.5. The Morgan fingerprint density at radius 3 is 2.29 bits per heavy atom. The van der Waals surface area contributed by atoms with E-state index in [2.05, 4.69) is 10.6 Å². The minimum atomic E-state index is -0.316. The molecule has 2 rings (SSSR count). The summed E-state index contributed by atoms with van der Waals surface area (Å²) in [4.78, 5) is 37.8. The zero-order chi connectivity index (χ0) is 20.7. The maximum absolute atomic E-state index is 12.2. The number of halogens is 1. The molecule has 0 fully saturated rings. The van der Waals surface area contributed by atoms with Crippen molar-refractivity contribution in [3.63, 3.8) is 0 Å². The number of hydrogen-bond acceptors (Lipinski definition) is 4. The second-order valence-corrected chi connectivity index (χ2v) is 6.61. The van der Waals surface area contributed by atoms with Crippen LogP contribution in [0, 0.1) is 0 Å². The van der Waals surface area contributed by atoms with E-state index < -0.39 is 0 Å². The zero-order valence-electron chi connectivity index (χ0n) is 15.9. The van der Waals surface area contributed by atoms with Gasteiger partial charge in [-0.25, -0.2) is 0 Å². The molecule has 0 bridgehead atoms. The van der Waals surface area contributed by atoms with Gasteiger partial charge in [-0.3, -0.25) is 14.4 Å². The lowest BCUT2D eigenvalue weighted by atomic mass is 10.1. The van der Waals surface area contributed by atoms with Crippen molar-refractivity contribution in [2.45, 2.75) is 6.42 Å². The summed E-state index contributed by atoms with van der Waals surface area (Å²) in [5.74, 6) is -0.355. The molecule has 0 aromatic heterocycles. The van der Waals surface area contributed by atoms with Gasteiger partial charge in [0.05, 0.1) is 12.8 Å². The number of carbonyl (C=O) groups is 3. The van der Waals surface area contributed by atoms with Crippen molar-refractivity contribution in [2.75, 3.05) is 33.1 Å². The first-order valence-electron chi connectivity index (χ1n) is 8.55. The molecule has 3 amide bonds. The first-order chi connectivity index (χ1) is 13.3. The molecule has 2 N–H and O–H groups in total. The van der Waals surface area contributed by atoms with Gasteiger partial charge in [0.25, 0.3) is 11.8 Å². The number of hydrogen-bond donors (Lipinski definition) is 2. The van der Waals surface area contributed by atoms with Crippen LogP contribution in [0.1, 0.15) is 27.1 Å². The molecule has 0 atom stereocenters. The molecule has 0 aliphatic carbocycles. The predicted molar refractivity (Wildman–Crippen MR) is 108 cm³/mol. The third-order valence-corrected chi connectivity index (χ3v) is 4.12. The van der Waals surface area contributed by atoms with E-state index in [1.807, 2.05) is 0 Å². The number of amides is 3. The summed E-state index contributed by atoms with van der Waals surface area (Å²) in [6.45, 7) is 0.159. The summed E-state index contributed by atoms with van der Waals surface area (Å²) in [6.07, 6.45) is 0.0638. The molecule has 148 valence electrons. The fourth-order valence-electron chi connectivity index (χ4n) is 2.40. The van der Waals surface area contributed by atoms with Gasteiger partial charge in [-0.15, -0.1) is 0 Å². The molecule has 0 spiro atoms. The van der Waals surface area contributed by atoms with Crippen LogP contribution in [0.3, 0.4) is 0 Å². The van der Waals surface area contributed by atoms with E-state index in [0.717, 1.165) is 0 Å². The second-order valence-electron chi connectivity index (χ2n) is 6.18. The Balaban J connectivity index is 1.94. The number of nitrogens with zero attached hydrogens (tertiary/aromatic N) is 1. The molecule has 2 aromatic rings. The average molecular weight is 404 g/mol. The van der Waals surface area contributed by atoms with E-state index in [0.29, 0.717) is 27.6 Å². The quantitative estimate of drug-likeness (QED) is 0.744. The van der Waals surface area contributed by atoms with Crippen LogP contribution in [0.25, 0.3) is 0 Å². The molecular formula is C20H22ClN3O4. The molecule has 28 heavy (non-hydrogen) atoms. The molecular weight excluding hydrogens is 382 g/mol. The van der Waals surface area contributed by atoms with Crippen LogP contribution in [0.2, 0.25) is 5.02 Å². The number of methoxy groups -OCH3 is 1. The highest BCUT2D eigenvalue weighted by molar-refractivity contribution is 6.30. The number of anilines is 1. The Hall–Kier alpha value is -3.06. The van der Waals surface area contributed by atoms with Crippen LogP contribution in [0.15, 0.2) is 42.5 Å². The van der Waals surface area contributed by atoms with Gasteiger partial charge < -0.3 is 20.3 Å². The summed E-state index contributed by atoms with van der Waals surface area (Å²) >= 11 is 5.79. The van der Waals surface area contributed by atoms with Crippen molar-refractivity contribution >= 4 is 35.0 Å². The SMILES string of the molecule is COc1ccc(C(=O)N(C)C)cc1NC(=O)CCNC(=O)c1ccc(Cl)cc1. The smallest absolute Gasteiger partial charge is 0.253 e. The van der Waals surface area contributed by atoms with Crippen molar-refractivity contribution in [1.29, 1.82) is 0 Å². The van der Waals surface area contributed by atoms with E-state index in [9.17, 15) is 14.4 Å². The lowest BCUT2D eigenvalue weighted by molar-refractivity contribution is -0.116. The standard InChI is InChI=1S/C20H22ClN3O4/c1-24(2)20(27)14-6-9-17(28-3)16(12-14)23-18(25)10-11-22-19(26)13-4-7-15(21)8-5-13/h4-9,12H,10-11H2,1-3H3,(H,22,26)(H,23,25). The third-order valence-electron chi connectivity index (χ3n) is 3.87. The number of carbonyl (C=O) groups excluding carboxylic acids is 3. The number of ether oxygens (including phenoxy) is 1. The molecule has 8 heteroatoms. The van der Waals surface area contributed by atoms with Crippen molar-refractivity contribution in [3.05, 3.63) is 58.6 Å². The maximum Gasteiger partial charge on any atom is 0.253 e. The summed E-state index contributed by atoms with van der Waals surface area (Å²) in [5.41, 5.74) is 1.28. The van der Waals surface area contributed by atoms with Crippen molar-refractivity contribution in [2.24, 2.45) is 0 Å². The minimum absolute atomic E-state index is 0.0638. The highest BCUT2D eigenvalue weighted by Gasteiger charge is 2.14. The minimum Gasteiger partial charge on any atom is -0.495 e. The van der Waals surface area contributed by atoms with Gasteiger partial charge >= 0.3 is 0 Å². The Morgan fingerprint density at radius 1 is 1.04 bits per heavy atom. The van der Waals surface area contributed by atoms with Gasteiger partial charge in [-0.05, 0) is 42.5 Å². The second kappa shape index (κ2) is 9.75. The summed E-state index contributed by atoms with van der Waals surface area (Å²) < 4.78 is 5.23. The molecule has 0 aliphatic heterocycles. The number of nitrogens with one attached hydrogen (secondary N) is 2. The summed E-state index contributed by atoms with van der Waals surface area (Å²) in [6, 6.07) is 11.3. The molecule has 0 heterocycles. The van der Waals surface area contributed by atoms with E-state index in [4.69, 9.17) is 16.3 Å². The van der Waals surface area contributed by atoms with E-state index in [-0.39, 0.29) is 30.7 Å². The van der Waals surface area contributed by atoms with Crippen LogP contribution in [0.5, 0.6) is 5.75 Å². The molecule has 0 aliphatic rings. The van der Waals surface area contributed by atoms with E-state index >= 15 is 0 Å². The monoisotopic (exact) mass is 403 g/mol. The molecule has 0 saturated carbocycles. The summed E-state index contributed by atoms with van der Waals surface area (Å²) in [7, 11) is 4.77. The van der Waals surface area contributed by atoms with E-state index in [1.165, 1.54) is 12.0 Å². The van der Waals surface area contributed by atoms with Crippen LogP contribution in [0.4, 0.5) is 5.69 Å². The number of benzene rings is 2. The van der Waals surface area contributed by atoms with Gasteiger partial charge in [0.15, 0.2) is 0 Å². The van der Waals surface area contributed by atoms with Crippen molar-refractivity contribution in [1.82, 2.24) is 10.2 Å². The van der Waals surface area contributed by atoms with Crippen LogP contribution in [-0.2, 0) is 4.79 Å². The van der Waals surface area contributed by atoms with Crippen molar-refractivity contribution in [3.8, 4) is 5.75 Å². The normalized spacial score (nSPS) is 10.1. The Bertz CT molecular complexity index is 866. The predicted octanol–water partition coefficient (Wildman–Crippen LogP) is 2.81. The molecule has 2 aromatic carbocycles. The molecule has 0 radical (unpaired) electrons. The first kappa shape index (κ1) is 21.2. The highest BCUT2D eigenvalue weighted by Crippen LogP contribution is 2.26. The lowest BCUT2D eigenvalue weighted by Gasteiger charge is -2.14. The molecule has 7 nitrogen and oxygen atoms in total. The van der Waals surface area contributed by atoms with Gasteiger partial charge in [-0.1, -0.05) is 11.6 Å². The van der Waals surface area contributed by atoms with Crippen molar-refractivity contribution < 1.29 is 19.1 Å². The van der Waals surface area contributed by atoms with Crippen LogP contribution in [-0.4, -0.2) is 50.4 Å². The zero-order valence-corrected chi connectivity index (χ0v) is 16.7. The van der Waals surface area contributed by atoms with E-state index in [1.54, 1.807) is 56.6 Å². The maximum atomic E-state index is 12.2. The summed E-state index contributed by atoms with van der Waals surface area (Å²) in [5, 5.41) is 5.93.